The molecule has 0 saturated heterocycles. The molecule has 0 spiro atoms. The van der Waals surface area contributed by atoms with E-state index in [1.54, 1.807) is 12.1 Å². The van der Waals surface area contributed by atoms with E-state index in [0.29, 0.717) is 5.82 Å². The first-order chi connectivity index (χ1) is 4.83. The fourth-order valence-corrected chi connectivity index (χ4v) is 0.560. The summed E-state index contributed by atoms with van der Waals surface area (Å²) < 4.78 is 0. The Bertz CT molecular complexity index is 229. The van der Waals surface area contributed by atoms with Gasteiger partial charge in [0.1, 0.15) is 5.82 Å². The zero-order valence-electron chi connectivity index (χ0n) is 5.23. The van der Waals surface area contributed by atoms with Crippen LogP contribution < -0.4 is 5.73 Å². The Morgan fingerprint density at radius 2 is 2.40 bits per heavy atom. The molecule has 0 aliphatic carbocycles. The van der Waals surface area contributed by atoms with Crippen molar-refractivity contribution in [2.75, 3.05) is 5.73 Å². The topological polar surface area (TPSA) is 71.5 Å². The molecule has 3 N–H and O–H groups in total. The van der Waals surface area contributed by atoms with E-state index in [-0.39, 0.29) is 0 Å². The summed E-state index contributed by atoms with van der Waals surface area (Å²) in [5.74, 6) is 0.454. The van der Waals surface area contributed by atoms with Gasteiger partial charge in [-0.15, -0.1) is 0 Å². The molecule has 0 radical (unpaired) electrons. The van der Waals surface area contributed by atoms with Gasteiger partial charge in [-0.1, -0.05) is 5.16 Å². The van der Waals surface area contributed by atoms with Crippen LogP contribution in [0.15, 0.2) is 23.5 Å². The van der Waals surface area contributed by atoms with Crippen molar-refractivity contribution in [3.8, 4) is 0 Å². The first-order valence-electron chi connectivity index (χ1n) is 2.72. The van der Waals surface area contributed by atoms with Gasteiger partial charge in [-0.3, -0.25) is 0 Å². The van der Waals surface area contributed by atoms with Crippen LogP contribution in [-0.4, -0.2) is 16.4 Å². The number of nitrogens with two attached hydrogens (primary N) is 1. The lowest BCUT2D eigenvalue weighted by molar-refractivity contribution is 0.322. The number of hydrogen-bond acceptors (Lipinski definition) is 4. The maximum absolute atomic E-state index is 8.10. The van der Waals surface area contributed by atoms with Crippen molar-refractivity contribution in [2.45, 2.75) is 0 Å². The van der Waals surface area contributed by atoms with Gasteiger partial charge in [0.25, 0.3) is 0 Å². The average Bonchev–Trinajstić information content (AvgIpc) is 1.95. The molecule has 0 fully saturated rings. The summed E-state index contributed by atoms with van der Waals surface area (Å²) in [5.41, 5.74) is 6.02. The molecule has 0 atom stereocenters. The zero-order chi connectivity index (χ0) is 7.40. The summed E-state index contributed by atoms with van der Waals surface area (Å²) in [6.45, 7) is 0. The number of rotatable bonds is 1. The van der Waals surface area contributed by atoms with Gasteiger partial charge < -0.3 is 10.9 Å². The molecule has 0 unspecified atom stereocenters. The normalized spacial score (nSPS) is 10.4. The summed E-state index contributed by atoms with van der Waals surface area (Å²) in [5, 5.41) is 10.9. The number of nitrogen functional groups attached to an aromatic ring is 1. The Morgan fingerprint density at radius 3 is 2.90 bits per heavy atom. The minimum absolute atomic E-state index is 0.454. The van der Waals surface area contributed by atoms with Crippen LogP contribution in [0.1, 0.15) is 5.56 Å². The lowest BCUT2D eigenvalue weighted by Crippen LogP contribution is -1.90. The smallest absolute Gasteiger partial charge is 0.123 e. The quantitative estimate of drug-likeness (QED) is 0.336. The van der Waals surface area contributed by atoms with E-state index in [2.05, 4.69) is 10.1 Å². The van der Waals surface area contributed by atoms with Crippen LogP contribution in [0.25, 0.3) is 0 Å². The monoisotopic (exact) mass is 137 g/mol. The van der Waals surface area contributed by atoms with Crippen LogP contribution in [0.3, 0.4) is 0 Å². The summed E-state index contributed by atoms with van der Waals surface area (Å²) in [6, 6.07) is 3.35. The molecule has 10 heavy (non-hydrogen) atoms. The van der Waals surface area contributed by atoms with E-state index >= 15 is 0 Å². The first-order valence-corrected chi connectivity index (χ1v) is 2.72. The van der Waals surface area contributed by atoms with Crippen molar-refractivity contribution in [2.24, 2.45) is 5.16 Å². The number of oxime groups is 1. The fraction of sp³-hybridized carbons (Fsp3) is 0. The van der Waals surface area contributed by atoms with Gasteiger partial charge in [0.05, 0.1) is 6.21 Å². The molecule has 1 heterocycles. The van der Waals surface area contributed by atoms with Gasteiger partial charge in [0.2, 0.25) is 0 Å². The highest BCUT2D eigenvalue weighted by Crippen LogP contribution is 1.97. The van der Waals surface area contributed by atoms with E-state index in [1.807, 2.05) is 0 Å². The van der Waals surface area contributed by atoms with Gasteiger partial charge in [-0.25, -0.2) is 4.98 Å². The molecule has 4 heteroatoms. The van der Waals surface area contributed by atoms with Crippen LogP contribution in [0.5, 0.6) is 0 Å². The number of anilines is 1. The molecule has 1 aromatic heterocycles. The number of nitrogens with zero attached hydrogens (tertiary/aromatic N) is 2. The van der Waals surface area contributed by atoms with Crippen molar-refractivity contribution >= 4 is 12.0 Å². The number of aromatic nitrogens is 1. The lowest BCUT2D eigenvalue weighted by Gasteiger charge is -1.90. The molecule has 1 rings (SSSR count). The van der Waals surface area contributed by atoms with Crippen LogP contribution >= 0.6 is 0 Å². The van der Waals surface area contributed by atoms with Crippen LogP contribution in [0.2, 0.25) is 0 Å². The SMILES string of the molecule is Nc1ccc(C=NO)cn1. The van der Waals surface area contributed by atoms with Crippen molar-refractivity contribution in [3.63, 3.8) is 0 Å². The van der Waals surface area contributed by atoms with Gasteiger partial charge >= 0.3 is 0 Å². The molecular weight excluding hydrogens is 130 g/mol. The lowest BCUT2D eigenvalue weighted by atomic mass is 10.3. The highest BCUT2D eigenvalue weighted by Gasteiger charge is 1.86. The number of pyridine rings is 1. The minimum Gasteiger partial charge on any atom is -0.411 e. The standard InChI is InChI=1S/C6H7N3O/c7-6-2-1-5(3-8-6)4-9-10/h1-4,10H,(H2,7,8). The summed E-state index contributed by atoms with van der Waals surface area (Å²) in [4.78, 5) is 3.77. The van der Waals surface area contributed by atoms with Gasteiger partial charge in [-0.05, 0) is 12.1 Å². The Hall–Kier alpha value is -1.58. The van der Waals surface area contributed by atoms with Crippen molar-refractivity contribution in [3.05, 3.63) is 23.9 Å². The third-order valence-electron chi connectivity index (χ3n) is 1.02. The van der Waals surface area contributed by atoms with Gasteiger partial charge in [-0.2, -0.15) is 0 Å². The zero-order valence-corrected chi connectivity index (χ0v) is 5.23. The second-order valence-corrected chi connectivity index (χ2v) is 1.76. The Morgan fingerprint density at radius 1 is 1.60 bits per heavy atom. The van der Waals surface area contributed by atoms with Crippen LogP contribution in [-0.2, 0) is 0 Å². The molecule has 0 aliphatic rings. The predicted octanol–water partition coefficient (Wildman–Crippen LogP) is 0.472. The highest BCUT2D eigenvalue weighted by atomic mass is 16.4. The van der Waals surface area contributed by atoms with Crippen LogP contribution in [0.4, 0.5) is 5.82 Å². The second kappa shape index (κ2) is 2.82. The Balaban J connectivity index is 2.89. The molecular formula is C6H7N3O. The van der Waals surface area contributed by atoms with Crippen molar-refractivity contribution in [1.29, 1.82) is 0 Å². The van der Waals surface area contributed by atoms with E-state index < -0.39 is 0 Å². The van der Waals surface area contributed by atoms with Crippen molar-refractivity contribution < 1.29 is 5.21 Å². The molecule has 52 valence electrons. The molecule has 0 aliphatic heterocycles. The molecule has 1 aromatic rings. The van der Waals surface area contributed by atoms with Crippen molar-refractivity contribution in [1.82, 2.24) is 4.98 Å². The summed E-state index contributed by atoms with van der Waals surface area (Å²) in [6.07, 6.45) is 2.81. The minimum atomic E-state index is 0.454. The third kappa shape index (κ3) is 1.45. The third-order valence-corrected chi connectivity index (χ3v) is 1.02. The molecule has 4 nitrogen and oxygen atoms in total. The Labute approximate surface area is 58.0 Å². The predicted molar refractivity (Wildman–Crippen MR) is 38.0 cm³/mol. The number of hydrogen-bond donors (Lipinski definition) is 2. The van der Waals surface area contributed by atoms with E-state index in [1.165, 1.54) is 12.4 Å². The Kier molecular flexibility index (Phi) is 1.84. The van der Waals surface area contributed by atoms with Gasteiger partial charge in [0, 0.05) is 11.8 Å². The molecule has 0 saturated carbocycles. The summed E-state index contributed by atoms with van der Waals surface area (Å²) in [7, 11) is 0. The van der Waals surface area contributed by atoms with E-state index in [9.17, 15) is 0 Å². The molecule has 0 bridgehead atoms. The second-order valence-electron chi connectivity index (χ2n) is 1.76. The first kappa shape index (κ1) is 6.54. The molecule has 0 amide bonds. The highest BCUT2D eigenvalue weighted by molar-refractivity contribution is 5.78. The van der Waals surface area contributed by atoms with Gasteiger partial charge in [0.15, 0.2) is 0 Å². The average molecular weight is 137 g/mol. The summed E-state index contributed by atoms with van der Waals surface area (Å²) >= 11 is 0. The maximum atomic E-state index is 8.10. The van der Waals surface area contributed by atoms with E-state index in [4.69, 9.17) is 10.9 Å². The fourth-order valence-electron chi connectivity index (χ4n) is 0.560. The van der Waals surface area contributed by atoms with E-state index in [0.717, 1.165) is 5.56 Å². The maximum Gasteiger partial charge on any atom is 0.123 e. The largest absolute Gasteiger partial charge is 0.411 e. The molecule has 0 aromatic carbocycles. The van der Waals surface area contributed by atoms with Crippen LogP contribution in [0, 0.1) is 0 Å².